The van der Waals surface area contributed by atoms with Gasteiger partial charge in [-0.3, -0.25) is 9.48 Å². The number of hydrogen-bond donors (Lipinski definition) is 1. The zero-order valence-corrected chi connectivity index (χ0v) is 11.4. The number of rotatable bonds is 5. The van der Waals surface area contributed by atoms with Gasteiger partial charge in [0.1, 0.15) is 12.2 Å². The van der Waals surface area contributed by atoms with Crippen molar-refractivity contribution in [1.82, 2.24) is 15.1 Å². The third-order valence-electron chi connectivity index (χ3n) is 3.36. The van der Waals surface area contributed by atoms with Crippen molar-refractivity contribution in [1.29, 1.82) is 0 Å². The lowest BCUT2D eigenvalue weighted by Gasteiger charge is -2.22. The Kier molecular flexibility index (Phi) is 5.05. The molecule has 0 aliphatic carbocycles. The van der Waals surface area contributed by atoms with Crippen LogP contribution in [-0.2, 0) is 16.1 Å². The summed E-state index contributed by atoms with van der Waals surface area (Å²) in [6, 6.07) is 1.30. The first-order chi connectivity index (χ1) is 9.56. The zero-order chi connectivity index (χ0) is 14.5. The molecule has 0 spiro atoms. The van der Waals surface area contributed by atoms with Gasteiger partial charge in [0, 0.05) is 18.8 Å². The molecule has 1 aliphatic heterocycles. The first-order valence-corrected chi connectivity index (χ1v) is 6.73. The Hall–Kier alpha value is -1.50. The molecule has 0 saturated carbocycles. The van der Waals surface area contributed by atoms with E-state index in [1.807, 2.05) is 0 Å². The average Bonchev–Trinajstić information content (AvgIpc) is 2.79. The molecule has 7 heteroatoms. The third-order valence-corrected chi connectivity index (χ3v) is 3.36. The molecule has 1 amide bonds. The maximum Gasteiger partial charge on any atom is 0.282 e. The van der Waals surface area contributed by atoms with Crippen LogP contribution in [0.25, 0.3) is 0 Å². The summed E-state index contributed by atoms with van der Waals surface area (Å²) in [6.45, 7) is 3.62. The SMILES string of the molecule is Cc1cc(C(F)F)nn1CC(=O)NCC1CCCOC1. The number of halogens is 2. The normalized spacial score (nSPS) is 19.3. The molecule has 0 radical (unpaired) electrons. The third kappa shape index (κ3) is 4.00. The molecule has 5 nitrogen and oxygen atoms in total. The minimum atomic E-state index is -2.61. The molecule has 1 aromatic rings. The van der Waals surface area contributed by atoms with Crippen molar-refractivity contribution in [3.05, 3.63) is 17.5 Å². The topological polar surface area (TPSA) is 56.2 Å². The van der Waals surface area contributed by atoms with Crippen LogP contribution in [-0.4, -0.2) is 35.4 Å². The Bertz CT molecular complexity index is 456. The lowest BCUT2D eigenvalue weighted by molar-refractivity contribution is -0.122. The number of carbonyl (C=O) groups excluding carboxylic acids is 1. The number of carbonyl (C=O) groups is 1. The van der Waals surface area contributed by atoms with Crippen molar-refractivity contribution in [3.8, 4) is 0 Å². The van der Waals surface area contributed by atoms with Crippen LogP contribution in [0.3, 0.4) is 0 Å². The lowest BCUT2D eigenvalue weighted by atomic mass is 10.0. The molecular weight excluding hydrogens is 268 g/mol. The standard InChI is InChI=1S/C13H19F2N3O2/c1-9-5-11(13(14)15)17-18(9)7-12(19)16-6-10-3-2-4-20-8-10/h5,10,13H,2-4,6-8H2,1H3,(H,16,19). The van der Waals surface area contributed by atoms with Crippen LogP contribution >= 0.6 is 0 Å². The molecule has 2 rings (SSSR count). The van der Waals surface area contributed by atoms with Gasteiger partial charge in [-0.15, -0.1) is 0 Å². The first kappa shape index (κ1) is 14.9. The number of ether oxygens (including phenoxy) is 1. The molecule has 1 aliphatic rings. The van der Waals surface area contributed by atoms with Crippen LogP contribution in [0.1, 0.15) is 30.7 Å². The molecule has 1 unspecified atom stereocenters. The van der Waals surface area contributed by atoms with Gasteiger partial charge in [0.25, 0.3) is 6.43 Å². The summed E-state index contributed by atoms with van der Waals surface area (Å²) < 4.78 is 31.6. The van der Waals surface area contributed by atoms with Gasteiger partial charge < -0.3 is 10.1 Å². The van der Waals surface area contributed by atoms with E-state index in [1.54, 1.807) is 6.92 Å². The van der Waals surface area contributed by atoms with E-state index >= 15 is 0 Å². The highest BCUT2D eigenvalue weighted by atomic mass is 19.3. The Labute approximate surface area is 116 Å². The second-order valence-corrected chi connectivity index (χ2v) is 5.06. The number of nitrogens with one attached hydrogen (secondary N) is 1. The number of hydrogen-bond acceptors (Lipinski definition) is 3. The number of aryl methyl sites for hydroxylation is 1. The van der Waals surface area contributed by atoms with E-state index in [-0.39, 0.29) is 18.1 Å². The maximum atomic E-state index is 12.5. The largest absolute Gasteiger partial charge is 0.381 e. The zero-order valence-electron chi connectivity index (χ0n) is 11.4. The van der Waals surface area contributed by atoms with Gasteiger partial charge in [0.15, 0.2) is 0 Å². The van der Waals surface area contributed by atoms with Gasteiger partial charge in [-0.05, 0) is 31.7 Å². The summed E-state index contributed by atoms with van der Waals surface area (Å²) in [4.78, 5) is 11.8. The van der Waals surface area contributed by atoms with Gasteiger partial charge in [0.05, 0.1) is 6.61 Å². The van der Waals surface area contributed by atoms with Crippen molar-refractivity contribution in [2.45, 2.75) is 32.7 Å². The number of alkyl halides is 2. The van der Waals surface area contributed by atoms with Crippen molar-refractivity contribution >= 4 is 5.91 Å². The van der Waals surface area contributed by atoms with E-state index < -0.39 is 6.43 Å². The molecule has 1 atom stereocenters. The quantitative estimate of drug-likeness (QED) is 0.896. The predicted octanol–water partition coefficient (Wildman–Crippen LogP) is 1.67. The number of amides is 1. The van der Waals surface area contributed by atoms with Gasteiger partial charge in [-0.1, -0.05) is 0 Å². The van der Waals surface area contributed by atoms with E-state index in [4.69, 9.17) is 4.74 Å². The summed E-state index contributed by atoms with van der Waals surface area (Å²) in [5.41, 5.74) is 0.257. The molecule has 2 heterocycles. The summed E-state index contributed by atoms with van der Waals surface area (Å²) >= 11 is 0. The van der Waals surface area contributed by atoms with Gasteiger partial charge >= 0.3 is 0 Å². The summed E-state index contributed by atoms with van der Waals surface area (Å²) in [5.74, 6) is 0.116. The smallest absolute Gasteiger partial charge is 0.282 e. The fourth-order valence-corrected chi connectivity index (χ4v) is 2.22. The van der Waals surface area contributed by atoms with E-state index in [9.17, 15) is 13.6 Å². The van der Waals surface area contributed by atoms with Crippen LogP contribution < -0.4 is 5.32 Å². The molecule has 20 heavy (non-hydrogen) atoms. The minimum absolute atomic E-state index is 0.0356. The molecule has 1 fully saturated rings. The summed E-state index contributed by atoms with van der Waals surface area (Å²) in [7, 11) is 0. The van der Waals surface area contributed by atoms with Crippen molar-refractivity contribution in [2.75, 3.05) is 19.8 Å². The van der Waals surface area contributed by atoms with Crippen molar-refractivity contribution in [2.24, 2.45) is 5.92 Å². The Morgan fingerprint density at radius 1 is 1.65 bits per heavy atom. The Balaban J connectivity index is 1.81. The molecule has 0 aromatic carbocycles. The van der Waals surface area contributed by atoms with Crippen molar-refractivity contribution in [3.63, 3.8) is 0 Å². The molecule has 112 valence electrons. The van der Waals surface area contributed by atoms with Crippen molar-refractivity contribution < 1.29 is 18.3 Å². The molecule has 0 bridgehead atoms. The summed E-state index contributed by atoms with van der Waals surface area (Å²) in [6.07, 6.45) is -0.565. The maximum absolute atomic E-state index is 12.5. The molecular formula is C13H19F2N3O2. The second kappa shape index (κ2) is 6.78. The fraction of sp³-hybridized carbons (Fsp3) is 0.692. The highest BCUT2D eigenvalue weighted by Gasteiger charge is 2.17. The van der Waals surface area contributed by atoms with Crippen LogP contribution in [0, 0.1) is 12.8 Å². The van der Waals surface area contributed by atoms with Gasteiger partial charge in [-0.25, -0.2) is 8.78 Å². The lowest BCUT2D eigenvalue weighted by Crippen LogP contribution is -2.35. The van der Waals surface area contributed by atoms with Crippen LogP contribution in [0.5, 0.6) is 0 Å². The summed E-state index contributed by atoms with van der Waals surface area (Å²) in [5, 5.41) is 6.52. The van der Waals surface area contributed by atoms with Crippen LogP contribution in [0.15, 0.2) is 6.07 Å². The van der Waals surface area contributed by atoms with E-state index in [0.717, 1.165) is 19.4 Å². The molecule has 1 N–H and O–H groups in total. The Morgan fingerprint density at radius 3 is 3.05 bits per heavy atom. The highest BCUT2D eigenvalue weighted by molar-refractivity contribution is 5.75. The second-order valence-electron chi connectivity index (χ2n) is 5.06. The first-order valence-electron chi connectivity index (χ1n) is 6.73. The van der Waals surface area contributed by atoms with Gasteiger partial charge in [0.2, 0.25) is 5.91 Å². The van der Waals surface area contributed by atoms with E-state index in [1.165, 1.54) is 10.7 Å². The monoisotopic (exact) mass is 287 g/mol. The van der Waals surface area contributed by atoms with E-state index in [2.05, 4.69) is 10.4 Å². The fourth-order valence-electron chi connectivity index (χ4n) is 2.22. The predicted molar refractivity (Wildman–Crippen MR) is 68.5 cm³/mol. The minimum Gasteiger partial charge on any atom is -0.381 e. The molecule has 1 saturated heterocycles. The van der Waals surface area contributed by atoms with Gasteiger partial charge in [-0.2, -0.15) is 5.10 Å². The number of nitrogens with zero attached hydrogens (tertiary/aromatic N) is 2. The van der Waals surface area contributed by atoms with Crippen LogP contribution in [0.2, 0.25) is 0 Å². The highest BCUT2D eigenvalue weighted by Crippen LogP contribution is 2.17. The molecule has 1 aromatic heterocycles. The average molecular weight is 287 g/mol. The van der Waals surface area contributed by atoms with E-state index in [0.29, 0.717) is 24.8 Å². The number of aromatic nitrogens is 2. The Morgan fingerprint density at radius 2 is 2.45 bits per heavy atom. The van der Waals surface area contributed by atoms with Crippen LogP contribution in [0.4, 0.5) is 8.78 Å².